The molecule has 0 saturated carbocycles. The van der Waals surface area contributed by atoms with Gasteiger partial charge in [-0.15, -0.1) is 0 Å². The van der Waals surface area contributed by atoms with Crippen LogP contribution in [0.25, 0.3) is 0 Å². The van der Waals surface area contributed by atoms with E-state index < -0.39 is 0 Å². The van der Waals surface area contributed by atoms with E-state index in [-0.39, 0.29) is 11.5 Å². The van der Waals surface area contributed by atoms with E-state index in [1.807, 2.05) is 25.1 Å². The highest BCUT2D eigenvalue weighted by Crippen LogP contribution is 2.30. The lowest BCUT2D eigenvalue weighted by atomic mass is 9.93. The molecule has 1 aromatic rings. The van der Waals surface area contributed by atoms with Gasteiger partial charge in [0, 0.05) is 6.04 Å². The summed E-state index contributed by atoms with van der Waals surface area (Å²) in [7, 11) is 1.65. The standard InChI is InChI=1S/C15H25NO2/c1-11(16)12-6-7-13(14(10-12)17-5)18-9-8-15(2,3)4/h6-7,10-11H,8-9,16H2,1-5H3/t11-/m0/s1. The van der Waals surface area contributed by atoms with Crippen LogP contribution >= 0.6 is 0 Å². The molecule has 1 rings (SSSR count). The van der Waals surface area contributed by atoms with Crippen LogP contribution in [0.1, 0.15) is 45.7 Å². The van der Waals surface area contributed by atoms with Gasteiger partial charge in [-0.2, -0.15) is 0 Å². The van der Waals surface area contributed by atoms with Crippen LogP contribution in [0.5, 0.6) is 11.5 Å². The largest absolute Gasteiger partial charge is 0.493 e. The van der Waals surface area contributed by atoms with Gasteiger partial charge in [0.25, 0.3) is 0 Å². The third kappa shape index (κ3) is 4.57. The molecular formula is C15H25NO2. The first-order chi connectivity index (χ1) is 8.33. The van der Waals surface area contributed by atoms with Gasteiger partial charge in [0.2, 0.25) is 0 Å². The maximum Gasteiger partial charge on any atom is 0.161 e. The summed E-state index contributed by atoms with van der Waals surface area (Å²) in [6.45, 7) is 9.25. The van der Waals surface area contributed by atoms with E-state index in [0.717, 1.165) is 23.5 Å². The molecule has 102 valence electrons. The maximum absolute atomic E-state index is 5.85. The Kier molecular flexibility index (Phi) is 5.03. The average Bonchev–Trinajstić information content (AvgIpc) is 2.27. The Morgan fingerprint density at radius 3 is 2.39 bits per heavy atom. The molecule has 0 fully saturated rings. The molecule has 1 aromatic carbocycles. The van der Waals surface area contributed by atoms with Gasteiger partial charge >= 0.3 is 0 Å². The van der Waals surface area contributed by atoms with Crippen LogP contribution in [-0.2, 0) is 0 Å². The summed E-state index contributed by atoms with van der Waals surface area (Å²) >= 11 is 0. The van der Waals surface area contributed by atoms with Gasteiger partial charge in [-0.3, -0.25) is 0 Å². The van der Waals surface area contributed by atoms with Gasteiger partial charge < -0.3 is 15.2 Å². The minimum Gasteiger partial charge on any atom is -0.493 e. The summed E-state index contributed by atoms with van der Waals surface area (Å²) in [6.07, 6.45) is 1.01. The number of hydrogen-bond donors (Lipinski definition) is 1. The van der Waals surface area contributed by atoms with Crippen LogP contribution in [0.2, 0.25) is 0 Å². The second kappa shape index (κ2) is 6.10. The van der Waals surface area contributed by atoms with Crippen molar-refractivity contribution in [1.29, 1.82) is 0 Å². The zero-order chi connectivity index (χ0) is 13.8. The lowest BCUT2D eigenvalue weighted by molar-refractivity contribution is 0.234. The maximum atomic E-state index is 5.85. The molecule has 3 heteroatoms. The first kappa shape index (κ1) is 14.8. The molecule has 1 atom stereocenters. The van der Waals surface area contributed by atoms with Gasteiger partial charge in [-0.25, -0.2) is 0 Å². The third-order valence-corrected chi connectivity index (χ3v) is 2.82. The second-order valence-corrected chi connectivity index (χ2v) is 5.86. The molecule has 3 nitrogen and oxygen atoms in total. The molecule has 0 spiro atoms. The molecule has 0 bridgehead atoms. The van der Waals surface area contributed by atoms with E-state index in [0.29, 0.717) is 6.61 Å². The zero-order valence-corrected chi connectivity index (χ0v) is 12.1. The molecule has 0 amide bonds. The normalized spacial score (nSPS) is 13.2. The van der Waals surface area contributed by atoms with Crippen LogP contribution in [0.15, 0.2) is 18.2 Å². The number of ether oxygens (including phenoxy) is 2. The molecule has 18 heavy (non-hydrogen) atoms. The molecule has 2 N–H and O–H groups in total. The predicted molar refractivity (Wildman–Crippen MR) is 75.2 cm³/mol. The molecule has 0 aromatic heterocycles. The van der Waals surface area contributed by atoms with Gasteiger partial charge in [0.15, 0.2) is 11.5 Å². The van der Waals surface area contributed by atoms with Crippen molar-refractivity contribution >= 4 is 0 Å². The first-order valence-corrected chi connectivity index (χ1v) is 6.40. The fraction of sp³-hybridized carbons (Fsp3) is 0.600. The number of methoxy groups -OCH3 is 1. The number of rotatable bonds is 5. The molecule has 0 unspecified atom stereocenters. The summed E-state index contributed by atoms with van der Waals surface area (Å²) < 4.78 is 11.1. The fourth-order valence-corrected chi connectivity index (χ4v) is 1.55. The van der Waals surface area contributed by atoms with E-state index in [4.69, 9.17) is 15.2 Å². The highest BCUT2D eigenvalue weighted by molar-refractivity contribution is 5.43. The van der Waals surface area contributed by atoms with E-state index in [1.165, 1.54) is 0 Å². The van der Waals surface area contributed by atoms with E-state index in [2.05, 4.69) is 20.8 Å². The van der Waals surface area contributed by atoms with Gasteiger partial charge in [-0.1, -0.05) is 26.8 Å². The molecule has 0 saturated heterocycles. The Bertz CT molecular complexity index is 381. The van der Waals surface area contributed by atoms with Crippen molar-refractivity contribution < 1.29 is 9.47 Å². The van der Waals surface area contributed by atoms with Crippen LogP contribution in [0.4, 0.5) is 0 Å². The van der Waals surface area contributed by atoms with Crippen LogP contribution < -0.4 is 15.2 Å². The van der Waals surface area contributed by atoms with Crippen LogP contribution in [-0.4, -0.2) is 13.7 Å². The Morgan fingerprint density at radius 2 is 1.89 bits per heavy atom. The van der Waals surface area contributed by atoms with Crippen molar-refractivity contribution in [1.82, 2.24) is 0 Å². The zero-order valence-electron chi connectivity index (χ0n) is 12.1. The van der Waals surface area contributed by atoms with Crippen molar-refractivity contribution in [3.8, 4) is 11.5 Å². The lowest BCUT2D eigenvalue weighted by Crippen LogP contribution is -2.11. The van der Waals surface area contributed by atoms with Gasteiger partial charge in [0.1, 0.15) is 0 Å². The van der Waals surface area contributed by atoms with Gasteiger partial charge in [0.05, 0.1) is 13.7 Å². The fourth-order valence-electron chi connectivity index (χ4n) is 1.55. The van der Waals surface area contributed by atoms with Crippen molar-refractivity contribution in [2.24, 2.45) is 11.1 Å². The number of nitrogens with two attached hydrogens (primary N) is 1. The monoisotopic (exact) mass is 251 g/mol. The second-order valence-electron chi connectivity index (χ2n) is 5.86. The number of benzene rings is 1. The molecule has 0 aliphatic rings. The van der Waals surface area contributed by atoms with Crippen LogP contribution in [0, 0.1) is 5.41 Å². The van der Waals surface area contributed by atoms with Crippen molar-refractivity contribution in [2.45, 2.75) is 40.2 Å². The molecular weight excluding hydrogens is 226 g/mol. The predicted octanol–water partition coefficient (Wildman–Crippen LogP) is 3.53. The van der Waals surface area contributed by atoms with E-state index >= 15 is 0 Å². The summed E-state index contributed by atoms with van der Waals surface area (Å²) in [5, 5.41) is 0. The van der Waals surface area contributed by atoms with Crippen LogP contribution in [0.3, 0.4) is 0 Å². The summed E-state index contributed by atoms with van der Waals surface area (Å²) in [6, 6.07) is 5.86. The van der Waals surface area contributed by atoms with E-state index in [1.54, 1.807) is 7.11 Å². The Morgan fingerprint density at radius 1 is 1.22 bits per heavy atom. The third-order valence-electron chi connectivity index (χ3n) is 2.82. The minimum atomic E-state index is 0.00234. The first-order valence-electron chi connectivity index (χ1n) is 6.40. The van der Waals surface area contributed by atoms with Crippen molar-refractivity contribution in [3.63, 3.8) is 0 Å². The summed E-state index contributed by atoms with van der Waals surface area (Å²) in [5.74, 6) is 1.53. The lowest BCUT2D eigenvalue weighted by Gasteiger charge is -2.19. The Hall–Kier alpha value is -1.22. The SMILES string of the molecule is COc1cc([C@H](C)N)ccc1OCCC(C)(C)C. The molecule has 0 aliphatic heterocycles. The molecule has 0 radical (unpaired) electrons. The number of hydrogen-bond acceptors (Lipinski definition) is 3. The smallest absolute Gasteiger partial charge is 0.161 e. The van der Waals surface area contributed by atoms with Crippen molar-refractivity contribution in [2.75, 3.05) is 13.7 Å². The van der Waals surface area contributed by atoms with Crippen molar-refractivity contribution in [3.05, 3.63) is 23.8 Å². The minimum absolute atomic E-state index is 0.00234. The quantitative estimate of drug-likeness (QED) is 0.870. The van der Waals surface area contributed by atoms with E-state index in [9.17, 15) is 0 Å². The average molecular weight is 251 g/mol. The van der Waals surface area contributed by atoms with Gasteiger partial charge in [-0.05, 0) is 36.5 Å². The molecule has 0 heterocycles. The highest BCUT2D eigenvalue weighted by Gasteiger charge is 2.12. The topological polar surface area (TPSA) is 44.5 Å². The molecule has 0 aliphatic carbocycles. The summed E-state index contributed by atoms with van der Waals surface area (Å²) in [4.78, 5) is 0. The Labute approximate surface area is 110 Å². The highest BCUT2D eigenvalue weighted by atomic mass is 16.5. The Balaban J connectivity index is 2.71. The summed E-state index contributed by atoms with van der Waals surface area (Å²) in [5.41, 5.74) is 7.18.